The Morgan fingerprint density at radius 1 is 1.38 bits per heavy atom. The molecule has 0 aliphatic carbocycles. The first kappa shape index (κ1) is 16.8. The average Bonchev–Trinajstić information content (AvgIpc) is 2.99. The van der Waals surface area contributed by atoms with Gasteiger partial charge in [-0.1, -0.05) is 15.9 Å². The molecule has 0 aromatic heterocycles. The molecule has 0 saturated carbocycles. The molecule has 2 N–H and O–H groups in total. The zero-order valence-corrected chi connectivity index (χ0v) is 14.6. The van der Waals surface area contributed by atoms with Crippen LogP contribution in [0.4, 0.5) is 0 Å². The number of thioether (sulfide) groups is 1. The number of hydrogen-bond donors (Lipinski definition) is 2. The van der Waals surface area contributed by atoms with E-state index in [1.54, 1.807) is 11.8 Å². The number of nitrogens with one attached hydrogen (secondary N) is 2. The summed E-state index contributed by atoms with van der Waals surface area (Å²) in [5.41, 5.74) is 0. The van der Waals surface area contributed by atoms with Crippen LogP contribution in [0.1, 0.15) is 25.7 Å². The van der Waals surface area contributed by atoms with E-state index in [1.807, 2.05) is 12.1 Å². The van der Waals surface area contributed by atoms with Crippen LogP contribution in [0.25, 0.3) is 0 Å². The van der Waals surface area contributed by atoms with Crippen LogP contribution in [0, 0.1) is 5.92 Å². The molecule has 5 heteroatoms. The largest absolute Gasteiger partial charge is 0.356 e. The van der Waals surface area contributed by atoms with E-state index >= 15 is 0 Å². The molecule has 1 amide bonds. The maximum Gasteiger partial charge on any atom is 0.220 e. The van der Waals surface area contributed by atoms with E-state index < -0.39 is 0 Å². The maximum atomic E-state index is 11.7. The fraction of sp³-hybridized carbons (Fsp3) is 0.562. The molecular weight excluding hydrogens is 348 g/mol. The molecule has 1 aliphatic rings. The third kappa shape index (κ3) is 6.85. The van der Waals surface area contributed by atoms with Crippen molar-refractivity contribution in [3.8, 4) is 0 Å². The highest BCUT2D eigenvalue weighted by molar-refractivity contribution is 9.10. The number of hydrogen-bond acceptors (Lipinski definition) is 3. The Morgan fingerprint density at radius 3 is 2.90 bits per heavy atom. The zero-order valence-electron chi connectivity index (χ0n) is 12.2. The van der Waals surface area contributed by atoms with Crippen molar-refractivity contribution in [1.82, 2.24) is 10.6 Å². The summed E-state index contributed by atoms with van der Waals surface area (Å²) in [7, 11) is 0. The van der Waals surface area contributed by atoms with Gasteiger partial charge in [-0.3, -0.25) is 4.79 Å². The summed E-state index contributed by atoms with van der Waals surface area (Å²) in [5, 5.41) is 6.39. The number of halogens is 1. The molecule has 1 heterocycles. The first-order valence-electron chi connectivity index (χ1n) is 7.60. The first-order valence-corrected chi connectivity index (χ1v) is 9.37. The Morgan fingerprint density at radius 2 is 2.19 bits per heavy atom. The van der Waals surface area contributed by atoms with E-state index in [9.17, 15) is 4.79 Å². The minimum absolute atomic E-state index is 0.192. The molecule has 0 spiro atoms. The van der Waals surface area contributed by atoms with Crippen molar-refractivity contribution in [3.63, 3.8) is 0 Å². The van der Waals surface area contributed by atoms with Crippen LogP contribution in [0.5, 0.6) is 0 Å². The fourth-order valence-corrected chi connectivity index (χ4v) is 3.54. The van der Waals surface area contributed by atoms with Crippen LogP contribution in [0.3, 0.4) is 0 Å². The Labute approximate surface area is 139 Å². The van der Waals surface area contributed by atoms with Crippen LogP contribution in [-0.4, -0.2) is 31.3 Å². The molecular formula is C16H23BrN2OS. The van der Waals surface area contributed by atoms with E-state index in [2.05, 4.69) is 38.7 Å². The zero-order chi connectivity index (χ0) is 14.9. The van der Waals surface area contributed by atoms with Crippen molar-refractivity contribution in [3.05, 3.63) is 28.7 Å². The van der Waals surface area contributed by atoms with Gasteiger partial charge in [-0.25, -0.2) is 0 Å². The SMILES string of the molecule is O=C(CCCSc1ccc(Br)cc1)NCCC1CCNC1. The molecule has 1 aromatic carbocycles. The van der Waals surface area contributed by atoms with Crippen molar-refractivity contribution in [1.29, 1.82) is 0 Å². The van der Waals surface area contributed by atoms with Crippen molar-refractivity contribution < 1.29 is 4.79 Å². The van der Waals surface area contributed by atoms with E-state index in [-0.39, 0.29) is 5.91 Å². The highest BCUT2D eigenvalue weighted by Gasteiger charge is 2.13. The van der Waals surface area contributed by atoms with Crippen molar-refractivity contribution >= 4 is 33.6 Å². The van der Waals surface area contributed by atoms with E-state index in [1.165, 1.54) is 11.3 Å². The second-order valence-electron chi connectivity index (χ2n) is 5.40. The van der Waals surface area contributed by atoms with Crippen LogP contribution < -0.4 is 10.6 Å². The predicted molar refractivity (Wildman–Crippen MR) is 92.7 cm³/mol. The van der Waals surface area contributed by atoms with Gasteiger partial charge >= 0.3 is 0 Å². The van der Waals surface area contributed by atoms with Crippen molar-refractivity contribution in [2.75, 3.05) is 25.4 Å². The number of rotatable bonds is 8. The van der Waals surface area contributed by atoms with Crippen molar-refractivity contribution in [2.24, 2.45) is 5.92 Å². The lowest BCUT2D eigenvalue weighted by atomic mass is 10.1. The summed E-state index contributed by atoms with van der Waals surface area (Å²) in [6.07, 6.45) is 3.91. The Hall–Kier alpha value is -0.520. The fourth-order valence-electron chi connectivity index (χ4n) is 2.42. The number of carbonyl (C=O) groups excluding carboxylic acids is 1. The predicted octanol–water partition coefficient (Wildman–Crippen LogP) is 3.44. The third-order valence-corrected chi connectivity index (χ3v) is 5.29. The second kappa shape index (κ2) is 9.49. The lowest BCUT2D eigenvalue weighted by Crippen LogP contribution is -2.26. The molecule has 116 valence electrons. The first-order chi connectivity index (χ1) is 10.2. The Balaban J connectivity index is 1.49. The van der Waals surface area contributed by atoms with Gasteiger partial charge in [0, 0.05) is 22.3 Å². The lowest BCUT2D eigenvalue weighted by molar-refractivity contribution is -0.121. The van der Waals surface area contributed by atoms with E-state index in [4.69, 9.17) is 0 Å². The highest BCUT2D eigenvalue weighted by atomic mass is 79.9. The lowest BCUT2D eigenvalue weighted by Gasteiger charge is -2.09. The van der Waals surface area contributed by atoms with Crippen LogP contribution in [0.15, 0.2) is 33.6 Å². The highest BCUT2D eigenvalue weighted by Crippen LogP contribution is 2.21. The third-order valence-electron chi connectivity index (χ3n) is 3.67. The van der Waals surface area contributed by atoms with E-state index in [0.29, 0.717) is 6.42 Å². The summed E-state index contributed by atoms with van der Waals surface area (Å²) in [6, 6.07) is 8.30. The molecule has 1 unspecified atom stereocenters. The molecule has 0 bridgehead atoms. The monoisotopic (exact) mass is 370 g/mol. The summed E-state index contributed by atoms with van der Waals surface area (Å²) in [6.45, 7) is 3.07. The van der Waals surface area contributed by atoms with Gasteiger partial charge in [0.05, 0.1) is 0 Å². The van der Waals surface area contributed by atoms with Crippen LogP contribution in [0.2, 0.25) is 0 Å². The molecule has 1 aliphatic heterocycles. The topological polar surface area (TPSA) is 41.1 Å². The molecule has 1 fully saturated rings. The van der Waals surface area contributed by atoms with Gasteiger partial charge in [-0.15, -0.1) is 11.8 Å². The van der Waals surface area contributed by atoms with Crippen molar-refractivity contribution in [2.45, 2.75) is 30.6 Å². The second-order valence-corrected chi connectivity index (χ2v) is 7.49. The van der Waals surface area contributed by atoms with Gasteiger partial charge < -0.3 is 10.6 Å². The van der Waals surface area contributed by atoms with Gasteiger partial charge in [0.25, 0.3) is 0 Å². The number of amides is 1. The molecule has 3 nitrogen and oxygen atoms in total. The van der Waals surface area contributed by atoms with Crippen LogP contribution in [-0.2, 0) is 4.79 Å². The Bertz CT molecular complexity index is 432. The van der Waals surface area contributed by atoms with Gasteiger partial charge in [0.15, 0.2) is 0 Å². The van der Waals surface area contributed by atoms with Crippen LogP contribution >= 0.6 is 27.7 Å². The normalized spacial score (nSPS) is 17.9. The molecule has 21 heavy (non-hydrogen) atoms. The van der Waals surface area contributed by atoms with Gasteiger partial charge in [0.1, 0.15) is 0 Å². The van der Waals surface area contributed by atoms with Gasteiger partial charge in [-0.05, 0) is 68.3 Å². The standard InChI is InChI=1S/C16H23BrN2OS/c17-14-3-5-15(6-4-14)21-11-1-2-16(20)19-10-8-13-7-9-18-12-13/h3-6,13,18H,1-2,7-12H2,(H,19,20). The minimum atomic E-state index is 0.192. The van der Waals surface area contributed by atoms with Gasteiger partial charge in [-0.2, -0.15) is 0 Å². The maximum absolute atomic E-state index is 11.7. The number of carbonyl (C=O) groups is 1. The molecule has 1 saturated heterocycles. The number of benzene rings is 1. The summed E-state index contributed by atoms with van der Waals surface area (Å²) < 4.78 is 1.10. The summed E-state index contributed by atoms with van der Waals surface area (Å²) >= 11 is 5.23. The quantitative estimate of drug-likeness (QED) is 0.543. The molecule has 1 atom stereocenters. The summed E-state index contributed by atoms with van der Waals surface area (Å²) in [5.74, 6) is 1.93. The average molecular weight is 371 g/mol. The molecule has 0 radical (unpaired) electrons. The molecule has 2 rings (SSSR count). The smallest absolute Gasteiger partial charge is 0.220 e. The van der Waals surface area contributed by atoms with Gasteiger partial charge in [0.2, 0.25) is 5.91 Å². The Kier molecular flexibility index (Phi) is 7.61. The summed E-state index contributed by atoms with van der Waals surface area (Å²) in [4.78, 5) is 13.0. The van der Waals surface area contributed by atoms with E-state index in [0.717, 1.165) is 48.6 Å². The minimum Gasteiger partial charge on any atom is -0.356 e. The molecule has 1 aromatic rings.